The number of hydrogen-bond acceptors (Lipinski definition) is 14. The van der Waals surface area contributed by atoms with E-state index in [1.165, 1.54) is 48.5 Å². The quantitative estimate of drug-likeness (QED) is 0.0336. The molecule has 0 aliphatic rings. The molecule has 0 saturated carbocycles. The predicted molar refractivity (Wildman–Crippen MR) is 221 cm³/mol. The zero-order chi connectivity index (χ0) is 45.3. The summed E-state index contributed by atoms with van der Waals surface area (Å²) in [6.07, 6.45) is 1.63. The lowest BCUT2D eigenvalue weighted by Gasteiger charge is -2.32. The van der Waals surface area contributed by atoms with E-state index in [4.69, 9.17) is 0 Å². The fourth-order valence-electron chi connectivity index (χ4n) is 6.37. The third-order valence-corrected chi connectivity index (χ3v) is 9.87. The van der Waals surface area contributed by atoms with Gasteiger partial charge in [-0.05, 0) is 63.0 Å². The van der Waals surface area contributed by atoms with E-state index in [0.29, 0.717) is 51.9 Å². The van der Waals surface area contributed by atoms with Crippen molar-refractivity contribution in [2.24, 2.45) is 0 Å². The van der Waals surface area contributed by atoms with Gasteiger partial charge in [0.1, 0.15) is 22.8 Å². The van der Waals surface area contributed by atoms with Gasteiger partial charge in [-0.1, -0.05) is 38.1 Å². The SMILES string of the molecule is CC[C@H](CN(CCCNC(=O)c1cccc(=O)n1O)CCN(CCCNC(=O)c1cccc(=O)n1O)C[C@@H](CC)NC(=O)c1cccc(=O)n1O)NC(=O)c1cccc(=O)n1O. The Bertz CT molecular complexity index is 2260. The number of amides is 4. The van der Waals surface area contributed by atoms with Crippen LogP contribution in [0.1, 0.15) is 81.5 Å². The molecule has 0 aliphatic carbocycles. The number of hydrogen-bond donors (Lipinski definition) is 8. The summed E-state index contributed by atoms with van der Waals surface area (Å²) in [6, 6.07) is 14.0. The number of aromatic nitrogens is 4. The van der Waals surface area contributed by atoms with Gasteiger partial charge >= 0.3 is 0 Å². The monoisotopic (exact) mass is 864 g/mol. The van der Waals surface area contributed by atoms with Gasteiger partial charge in [0.2, 0.25) is 0 Å². The van der Waals surface area contributed by atoms with Gasteiger partial charge in [0, 0.05) is 75.6 Å². The van der Waals surface area contributed by atoms with Crippen LogP contribution in [0.5, 0.6) is 0 Å². The Balaban J connectivity index is 1.51. The fourth-order valence-corrected chi connectivity index (χ4v) is 6.37. The number of rotatable bonds is 23. The van der Waals surface area contributed by atoms with Gasteiger partial charge in [0.15, 0.2) is 0 Å². The maximum Gasteiger partial charge on any atom is 0.283 e. The highest BCUT2D eigenvalue weighted by molar-refractivity contribution is 5.93. The third-order valence-electron chi connectivity index (χ3n) is 9.87. The Labute approximate surface area is 354 Å². The lowest BCUT2D eigenvalue weighted by molar-refractivity contribution is 0.0838. The molecule has 22 heteroatoms. The highest BCUT2D eigenvalue weighted by Gasteiger charge is 2.23. The Morgan fingerprint density at radius 3 is 1.06 bits per heavy atom. The topological polar surface area (TPSA) is 292 Å². The Hall–Kier alpha value is -7.20. The molecule has 2 atom stereocenters. The first-order chi connectivity index (χ1) is 29.6. The van der Waals surface area contributed by atoms with Crippen molar-refractivity contribution in [3.8, 4) is 0 Å². The molecule has 0 aliphatic heterocycles. The highest BCUT2D eigenvalue weighted by Crippen LogP contribution is 2.07. The van der Waals surface area contributed by atoms with E-state index in [9.17, 15) is 59.2 Å². The van der Waals surface area contributed by atoms with Gasteiger partial charge < -0.3 is 42.1 Å². The molecule has 0 saturated heterocycles. The maximum atomic E-state index is 13.2. The highest BCUT2D eigenvalue weighted by atomic mass is 16.5. The Kier molecular flexibility index (Phi) is 17.6. The second-order valence-electron chi connectivity index (χ2n) is 14.2. The molecule has 4 aromatic heterocycles. The molecule has 22 nitrogen and oxygen atoms in total. The van der Waals surface area contributed by atoms with Crippen molar-refractivity contribution in [3.05, 3.63) is 137 Å². The normalized spacial score (nSPS) is 12.1. The van der Waals surface area contributed by atoms with Crippen molar-refractivity contribution in [1.29, 1.82) is 0 Å². The van der Waals surface area contributed by atoms with E-state index in [0.717, 1.165) is 24.3 Å². The van der Waals surface area contributed by atoms with Gasteiger partial charge in [-0.3, -0.25) is 48.2 Å². The summed E-state index contributed by atoms with van der Waals surface area (Å²) in [6.45, 7) is 5.94. The molecule has 0 radical (unpaired) electrons. The first-order valence-corrected chi connectivity index (χ1v) is 19.9. The predicted octanol–water partition coefficient (Wildman–Crippen LogP) is -0.756. The van der Waals surface area contributed by atoms with Crippen LogP contribution >= 0.6 is 0 Å². The van der Waals surface area contributed by atoms with Gasteiger partial charge in [-0.15, -0.1) is 18.9 Å². The second-order valence-corrected chi connectivity index (χ2v) is 14.2. The van der Waals surface area contributed by atoms with Gasteiger partial charge in [0.25, 0.3) is 45.9 Å². The molecule has 0 bridgehead atoms. The number of carbonyl (C=O) groups is 4. The number of pyridine rings is 4. The van der Waals surface area contributed by atoms with Crippen molar-refractivity contribution in [2.45, 2.75) is 51.6 Å². The van der Waals surface area contributed by atoms with Crippen LogP contribution < -0.4 is 43.5 Å². The van der Waals surface area contributed by atoms with Crippen LogP contribution in [0, 0.1) is 0 Å². The Morgan fingerprint density at radius 2 is 0.774 bits per heavy atom. The summed E-state index contributed by atoms with van der Waals surface area (Å²) in [5.41, 5.74) is -4.14. The minimum Gasteiger partial charge on any atom is -0.425 e. The summed E-state index contributed by atoms with van der Waals surface area (Å²) >= 11 is 0. The maximum absolute atomic E-state index is 13.2. The van der Waals surface area contributed by atoms with Crippen LogP contribution in [-0.2, 0) is 0 Å². The van der Waals surface area contributed by atoms with Crippen LogP contribution in [-0.4, -0.2) is 138 Å². The molecule has 0 fully saturated rings. The van der Waals surface area contributed by atoms with Crippen molar-refractivity contribution in [1.82, 2.24) is 50.0 Å². The van der Waals surface area contributed by atoms with Crippen LogP contribution in [0.15, 0.2) is 92.0 Å². The summed E-state index contributed by atoms with van der Waals surface area (Å²) in [4.78, 5) is 104. The van der Waals surface area contributed by atoms with Crippen molar-refractivity contribution in [3.63, 3.8) is 0 Å². The standard InChI is InChI=1S/C40H52N10O12/c1-3-27(43-39(57)31-13-7-17-35(53)49(31)61)25-45(21-9-19-41-37(55)29-11-5-15-33(51)47(29)59)23-24-46(22-10-20-42-38(56)30-12-6-16-34(52)48(30)60)26-28(4-2)44-40(58)32-14-8-18-36(54)50(32)62/h5-8,11-18,27-28,59-62H,3-4,9-10,19-26H2,1-2H3,(H,41,55)(H,42,56)(H,43,57)(H,44,58)/t27-,28-/m1/s1. The van der Waals surface area contributed by atoms with Gasteiger partial charge in [-0.2, -0.15) is 0 Å². The molecular weight excluding hydrogens is 812 g/mol. The number of carbonyl (C=O) groups excluding carboxylic acids is 4. The summed E-state index contributed by atoms with van der Waals surface area (Å²) in [5.74, 6) is -2.73. The molecule has 4 amide bonds. The van der Waals surface area contributed by atoms with E-state index in [1.54, 1.807) is 0 Å². The molecule has 0 unspecified atom stereocenters. The van der Waals surface area contributed by atoms with Crippen molar-refractivity contribution >= 4 is 23.6 Å². The van der Waals surface area contributed by atoms with E-state index >= 15 is 0 Å². The minimum absolute atomic E-state index is 0.133. The van der Waals surface area contributed by atoms with Crippen molar-refractivity contribution in [2.75, 3.05) is 52.4 Å². The molecule has 8 N–H and O–H groups in total. The van der Waals surface area contributed by atoms with E-state index < -0.39 is 57.9 Å². The zero-order valence-corrected chi connectivity index (χ0v) is 34.3. The fraction of sp³-hybridized carbons (Fsp3) is 0.400. The third kappa shape index (κ3) is 13.1. The zero-order valence-electron chi connectivity index (χ0n) is 34.3. The molecule has 4 aromatic rings. The lowest BCUT2D eigenvalue weighted by Crippen LogP contribution is -2.49. The Morgan fingerprint density at radius 1 is 0.484 bits per heavy atom. The van der Waals surface area contributed by atoms with E-state index in [-0.39, 0.29) is 67.9 Å². The van der Waals surface area contributed by atoms with Crippen LogP contribution in [0.4, 0.5) is 0 Å². The molecule has 334 valence electrons. The minimum atomic E-state index is -0.785. The van der Waals surface area contributed by atoms with Crippen molar-refractivity contribution < 1.29 is 40.0 Å². The molecule has 4 rings (SSSR count). The van der Waals surface area contributed by atoms with Gasteiger partial charge in [0.05, 0.1) is 0 Å². The molecule has 0 spiro atoms. The number of nitrogens with one attached hydrogen (secondary N) is 4. The first kappa shape index (κ1) is 47.5. The summed E-state index contributed by atoms with van der Waals surface area (Å²) in [7, 11) is 0. The molecule has 4 heterocycles. The molecular formula is C40H52N10O12. The average Bonchev–Trinajstić information content (AvgIpc) is 3.25. The number of nitrogens with zero attached hydrogens (tertiary/aromatic N) is 6. The van der Waals surface area contributed by atoms with Crippen LogP contribution in [0.3, 0.4) is 0 Å². The van der Waals surface area contributed by atoms with E-state index in [2.05, 4.69) is 21.3 Å². The smallest absolute Gasteiger partial charge is 0.283 e. The lowest BCUT2D eigenvalue weighted by atomic mass is 10.1. The van der Waals surface area contributed by atoms with Gasteiger partial charge in [-0.25, -0.2) is 0 Å². The molecule has 62 heavy (non-hydrogen) atoms. The second kappa shape index (κ2) is 23.0. The average molecular weight is 865 g/mol. The largest absolute Gasteiger partial charge is 0.425 e. The molecule has 0 aromatic carbocycles. The van der Waals surface area contributed by atoms with Crippen LogP contribution in [0.2, 0.25) is 0 Å². The first-order valence-electron chi connectivity index (χ1n) is 19.9. The summed E-state index contributed by atoms with van der Waals surface area (Å²) in [5, 5.41) is 51.4. The van der Waals surface area contributed by atoms with Crippen LogP contribution in [0.25, 0.3) is 0 Å². The van der Waals surface area contributed by atoms with E-state index in [1.807, 2.05) is 23.6 Å². The summed E-state index contributed by atoms with van der Waals surface area (Å²) < 4.78 is 1.00.